The van der Waals surface area contributed by atoms with Crippen LogP contribution in [0, 0.1) is 11.6 Å². The predicted molar refractivity (Wildman–Crippen MR) is 94.7 cm³/mol. The van der Waals surface area contributed by atoms with Crippen LogP contribution < -0.4 is 15.8 Å². The summed E-state index contributed by atoms with van der Waals surface area (Å²) >= 11 is 0. The molecule has 0 saturated carbocycles. The molecular formula is C18H21ClF2N2O2. The molecule has 0 aliphatic heterocycles. The number of benzene rings is 2. The number of unbranched alkanes of at least 4 members (excludes halogenated alkanes) is 1. The number of ether oxygens (including phenoxy) is 1. The molecule has 7 heteroatoms. The molecule has 2 aromatic carbocycles. The molecule has 0 aromatic heterocycles. The fourth-order valence-corrected chi connectivity index (χ4v) is 2.16. The Morgan fingerprint density at radius 1 is 1.08 bits per heavy atom. The number of nitrogens with two attached hydrogens (primary N) is 1. The maximum Gasteiger partial charge on any atom is 0.265 e. The summed E-state index contributed by atoms with van der Waals surface area (Å²) in [6, 6.07) is 12.0. The third kappa shape index (κ3) is 6.32. The third-order valence-electron chi connectivity index (χ3n) is 3.42. The van der Waals surface area contributed by atoms with Gasteiger partial charge >= 0.3 is 0 Å². The summed E-state index contributed by atoms with van der Waals surface area (Å²) in [5.41, 5.74) is 6.04. The molecule has 1 atom stereocenters. The van der Waals surface area contributed by atoms with Crippen LogP contribution in [0.4, 0.5) is 8.78 Å². The SMILES string of the molecule is Cl.NCCCCNC(=O)C(Oc1ccc(F)c(F)c1)c1ccccc1. The summed E-state index contributed by atoms with van der Waals surface area (Å²) in [6.07, 6.45) is 0.615. The highest BCUT2D eigenvalue weighted by molar-refractivity contribution is 5.85. The molecule has 2 rings (SSSR count). The summed E-state index contributed by atoms with van der Waals surface area (Å²) in [6.45, 7) is 1.03. The second kappa shape index (κ2) is 10.6. The highest BCUT2D eigenvalue weighted by Gasteiger charge is 2.22. The molecule has 0 fully saturated rings. The van der Waals surface area contributed by atoms with Gasteiger partial charge in [-0.15, -0.1) is 12.4 Å². The van der Waals surface area contributed by atoms with Crippen LogP contribution in [-0.4, -0.2) is 19.0 Å². The number of carbonyl (C=O) groups excluding carboxylic acids is 1. The van der Waals surface area contributed by atoms with Crippen LogP contribution in [0.5, 0.6) is 5.75 Å². The van der Waals surface area contributed by atoms with Crippen molar-refractivity contribution in [2.24, 2.45) is 5.73 Å². The molecule has 0 aliphatic carbocycles. The van der Waals surface area contributed by atoms with Gasteiger partial charge in [-0.05, 0) is 31.5 Å². The van der Waals surface area contributed by atoms with E-state index in [1.54, 1.807) is 24.3 Å². The first kappa shape index (κ1) is 20.9. The molecule has 136 valence electrons. The van der Waals surface area contributed by atoms with Crippen molar-refractivity contribution in [2.75, 3.05) is 13.1 Å². The van der Waals surface area contributed by atoms with Crippen molar-refractivity contribution in [1.82, 2.24) is 5.32 Å². The van der Waals surface area contributed by atoms with Crippen molar-refractivity contribution < 1.29 is 18.3 Å². The van der Waals surface area contributed by atoms with Crippen LogP contribution in [0.15, 0.2) is 48.5 Å². The van der Waals surface area contributed by atoms with Gasteiger partial charge in [0.2, 0.25) is 6.10 Å². The van der Waals surface area contributed by atoms with Crippen LogP contribution in [0.2, 0.25) is 0 Å². The normalized spacial score (nSPS) is 11.3. The predicted octanol–water partition coefficient (Wildman–Crippen LogP) is 3.36. The monoisotopic (exact) mass is 370 g/mol. The molecule has 2 aromatic rings. The molecule has 0 radical (unpaired) electrons. The molecular weight excluding hydrogens is 350 g/mol. The number of hydrogen-bond donors (Lipinski definition) is 2. The van der Waals surface area contributed by atoms with Crippen LogP contribution in [0.1, 0.15) is 24.5 Å². The van der Waals surface area contributed by atoms with E-state index in [9.17, 15) is 13.6 Å². The summed E-state index contributed by atoms with van der Waals surface area (Å²) in [7, 11) is 0. The Morgan fingerprint density at radius 3 is 2.44 bits per heavy atom. The van der Waals surface area contributed by atoms with Crippen molar-refractivity contribution in [3.05, 3.63) is 65.7 Å². The Labute approximate surface area is 151 Å². The summed E-state index contributed by atoms with van der Waals surface area (Å²) in [5.74, 6) is -2.25. The third-order valence-corrected chi connectivity index (χ3v) is 3.42. The quantitative estimate of drug-likeness (QED) is 0.700. The summed E-state index contributed by atoms with van der Waals surface area (Å²) in [5, 5.41) is 2.77. The second-order valence-electron chi connectivity index (χ2n) is 5.27. The zero-order chi connectivity index (χ0) is 17.4. The molecule has 3 N–H and O–H groups in total. The van der Waals surface area contributed by atoms with E-state index in [1.807, 2.05) is 6.07 Å². The Hall–Kier alpha value is -2.18. The van der Waals surface area contributed by atoms with E-state index in [-0.39, 0.29) is 24.1 Å². The second-order valence-corrected chi connectivity index (χ2v) is 5.27. The highest BCUT2D eigenvalue weighted by atomic mass is 35.5. The fourth-order valence-electron chi connectivity index (χ4n) is 2.16. The molecule has 1 unspecified atom stereocenters. The fraction of sp³-hybridized carbons (Fsp3) is 0.278. The Bertz CT molecular complexity index is 671. The molecule has 0 spiro atoms. The lowest BCUT2D eigenvalue weighted by Crippen LogP contribution is -2.33. The molecule has 4 nitrogen and oxygen atoms in total. The first-order chi connectivity index (χ1) is 11.6. The number of hydrogen-bond acceptors (Lipinski definition) is 3. The first-order valence-corrected chi connectivity index (χ1v) is 7.76. The van der Waals surface area contributed by atoms with Gasteiger partial charge in [-0.1, -0.05) is 30.3 Å². The van der Waals surface area contributed by atoms with Gasteiger partial charge in [-0.2, -0.15) is 0 Å². The largest absolute Gasteiger partial charge is 0.476 e. The van der Waals surface area contributed by atoms with Crippen molar-refractivity contribution >= 4 is 18.3 Å². The number of carbonyl (C=O) groups is 1. The van der Waals surface area contributed by atoms with Gasteiger partial charge in [0.15, 0.2) is 11.6 Å². The van der Waals surface area contributed by atoms with E-state index in [0.717, 1.165) is 25.0 Å². The summed E-state index contributed by atoms with van der Waals surface area (Å²) < 4.78 is 32.0. The minimum absolute atomic E-state index is 0. The maximum absolute atomic E-state index is 13.4. The van der Waals surface area contributed by atoms with Crippen LogP contribution in [-0.2, 0) is 4.79 Å². The number of nitrogens with one attached hydrogen (secondary N) is 1. The van der Waals surface area contributed by atoms with Crippen LogP contribution >= 0.6 is 12.4 Å². The lowest BCUT2D eigenvalue weighted by atomic mass is 10.1. The number of amides is 1. The van der Waals surface area contributed by atoms with Crippen molar-refractivity contribution in [2.45, 2.75) is 18.9 Å². The van der Waals surface area contributed by atoms with Gasteiger partial charge in [-0.25, -0.2) is 8.78 Å². The van der Waals surface area contributed by atoms with Crippen molar-refractivity contribution in [3.8, 4) is 5.75 Å². The van der Waals surface area contributed by atoms with Crippen molar-refractivity contribution in [1.29, 1.82) is 0 Å². The minimum atomic E-state index is -1.03. The lowest BCUT2D eigenvalue weighted by Gasteiger charge is -2.19. The van der Waals surface area contributed by atoms with Gasteiger partial charge in [0.1, 0.15) is 5.75 Å². The summed E-state index contributed by atoms with van der Waals surface area (Å²) in [4.78, 5) is 12.4. The minimum Gasteiger partial charge on any atom is -0.476 e. The number of halogens is 3. The Balaban J connectivity index is 0.00000312. The van der Waals surface area contributed by atoms with E-state index < -0.39 is 17.7 Å². The zero-order valence-electron chi connectivity index (χ0n) is 13.6. The standard InChI is InChI=1S/C18H20F2N2O2.ClH/c19-15-9-8-14(12-16(15)20)24-17(13-6-2-1-3-7-13)18(23)22-11-5-4-10-21;/h1-3,6-9,12,17H,4-5,10-11,21H2,(H,22,23);1H. The van der Waals surface area contributed by atoms with E-state index in [1.165, 1.54) is 6.07 Å². The van der Waals surface area contributed by atoms with Gasteiger partial charge in [0.05, 0.1) is 0 Å². The average Bonchev–Trinajstić information content (AvgIpc) is 2.60. The van der Waals surface area contributed by atoms with E-state index in [4.69, 9.17) is 10.5 Å². The number of rotatable bonds is 8. The molecule has 25 heavy (non-hydrogen) atoms. The van der Waals surface area contributed by atoms with E-state index in [0.29, 0.717) is 18.7 Å². The van der Waals surface area contributed by atoms with E-state index >= 15 is 0 Å². The molecule has 0 aliphatic rings. The molecule has 0 heterocycles. The van der Waals surface area contributed by atoms with Crippen LogP contribution in [0.25, 0.3) is 0 Å². The Kier molecular flexibility index (Phi) is 8.88. The zero-order valence-corrected chi connectivity index (χ0v) is 14.4. The van der Waals surface area contributed by atoms with E-state index in [2.05, 4.69) is 5.32 Å². The van der Waals surface area contributed by atoms with Gasteiger partial charge in [-0.3, -0.25) is 4.79 Å². The average molecular weight is 371 g/mol. The molecule has 1 amide bonds. The molecule has 0 bridgehead atoms. The maximum atomic E-state index is 13.4. The smallest absolute Gasteiger partial charge is 0.265 e. The molecule has 0 saturated heterocycles. The Morgan fingerprint density at radius 2 is 1.80 bits per heavy atom. The van der Waals surface area contributed by atoms with Gasteiger partial charge in [0, 0.05) is 18.2 Å². The van der Waals surface area contributed by atoms with Gasteiger partial charge < -0.3 is 15.8 Å². The van der Waals surface area contributed by atoms with Crippen molar-refractivity contribution in [3.63, 3.8) is 0 Å². The van der Waals surface area contributed by atoms with Gasteiger partial charge in [0.25, 0.3) is 5.91 Å². The lowest BCUT2D eigenvalue weighted by molar-refractivity contribution is -0.128. The topological polar surface area (TPSA) is 64.3 Å². The first-order valence-electron chi connectivity index (χ1n) is 7.76. The van der Waals surface area contributed by atoms with Crippen LogP contribution in [0.3, 0.4) is 0 Å². The highest BCUT2D eigenvalue weighted by Crippen LogP contribution is 2.24.